The summed E-state index contributed by atoms with van der Waals surface area (Å²) in [6, 6.07) is 5.30. The van der Waals surface area contributed by atoms with Crippen LogP contribution in [0.1, 0.15) is 62.7 Å². The van der Waals surface area contributed by atoms with Crippen LogP contribution < -0.4 is 5.32 Å². The molecule has 5 rings (SSSR count). The lowest BCUT2D eigenvalue weighted by Crippen LogP contribution is -2.63. The largest absolute Gasteiger partial charge is 0.508 e. The number of hydrogen-bond donors (Lipinski definition) is 3. The zero-order valence-electron chi connectivity index (χ0n) is 18.1. The van der Waals surface area contributed by atoms with Gasteiger partial charge in [-0.05, 0) is 73.5 Å². The number of allylic oxidation sites excluding steroid dienone is 2. The number of carboxylic acids is 1. The molecule has 0 aliphatic heterocycles. The van der Waals surface area contributed by atoms with Gasteiger partial charge in [-0.25, -0.2) is 0 Å². The van der Waals surface area contributed by atoms with Gasteiger partial charge in [0.05, 0.1) is 5.56 Å². The predicted octanol–water partition coefficient (Wildman–Crippen LogP) is 5.59. The summed E-state index contributed by atoms with van der Waals surface area (Å²) in [6.07, 6.45) is 9.08. The van der Waals surface area contributed by atoms with Crippen molar-refractivity contribution in [3.8, 4) is 5.75 Å². The van der Waals surface area contributed by atoms with E-state index in [1.165, 1.54) is 17.8 Å². The van der Waals surface area contributed by atoms with E-state index < -0.39 is 5.97 Å². The van der Waals surface area contributed by atoms with Gasteiger partial charge in [0.15, 0.2) is 0 Å². The summed E-state index contributed by atoms with van der Waals surface area (Å²) >= 11 is 1.52. The molecule has 3 aliphatic carbocycles. The smallest absolute Gasteiger partial charge is 0.303 e. The molecule has 0 saturated heterocycles. The third-order valence-electron chi connectivity index (χ3n) is 7.54. The van der Waals surface area contributed by atoms with E-state index in [-0.39, 0.29) is 29.5 Å². The number of rotatable bonds is 8. The highest BCUT2D eigenvalue weighted by atomic mass is 32.1. The molecule has 0 spiro atoms. The predicted molar refractivity (Wildman–Crippen MR) is 123 cm³/mol. The van der Waals surface area contributed by atoms with E-state index in [0.717, 1.165) is 29.3 Å². The number of fused-ring (bicyclic) bond motifs is 3. The maximum atomic E-state index is 13.2. The number of unbranched alkanes of at least 4 members (excludes halogenated alkanes) is 1. The number of thiophene rings is 1. The lowest BCUT2D eigenvalue weighted by atomic mass is 9.44. The summed E-state index contributed by atoms with van der Waals surface area (Å²) in [5.74, 6) is 0.939. The fraction of sp³-hybridized carbons (Fsp3) is 0.520. The normalized spacial score (nSPS) is 26.6. The van der Waals surface area contributed by atoms with E-state index in [1.807, 2.05) is 11.4 Å². The topological polar surface area (TPSA) is 86.6 Å². The van der Waals surface area contributed by atoms with Crippen LogP contribution in [0.2, 0.25) is 0 Å². The second-order valence-corrected chi connectivity index (χ2v) is 10.6. The van der Waals surface area contributed by atoms with Crippen molar-refractivity contribution in [1.82, 2.24) is 5.32 Å². The Balaban J connectivity index is 1.46. The first-order chi connectivity index (χ1) is 14.8. The molecule has 5 nitrogen and oxygen atoms in total. The summed E-state index contributed by atoms with van der Waals surface area (Å²) in [7, 11) is 0. The monoisotopic (exact) mass is 441 g/mol. The van der Waals surface area contributed by atoms with Crippen molar-refractivity contribution in [3.05, 3.63) is 41.3 Å². The molecule has 1 aromatic carbocycles. The second kappa shape index (κ2) is 8.65. The lowest BCUT2D eigenvalue weighted by molar-refractivity contribution is -0.137. The van der Waals surface area contributed by atoms with Gasteiger partial charge >= 0.3 is 5.97 Å². The molecule has 1 aromatic heterocycles. The van der Waals surface area contributed by atoms with Crippen molar-refractivity contribution in [1.29, 1.82) is 0 Å². The van der Waals surface area contributed by atoms with E-state index >= 15 is 0 Å². The number of carbonyl (C=O) groups is 2. The zero-order chi connectivity index (χ0) is 22.2. The van der Waals surface area contributed by atoms with Crippen LogP contribution in [0.5, 0.6) is 5.75 Å². The van der Waals surface area contributed by atoms with Crippen molar-refractivity contribution in [3.63, 3.8) is 0 Å². The number of benzene rings is 1. The molecular formula is C25H31NO4S. The number of phenols is 1. The molecule has 1 amide bonds. The molecule has 3 N–H and O–H groups in total. The Morgan fingerprint density at radius 2 is 2.06 bits per heavy atom. The van der Waals surface area contributed by atoms with Crippen molar-refractivity contribution in [2.45, 2.75) is 58.4 Å². The van der Waals surface area contributed by atoms with Crippen molar-refractivity contribution in [2.24, 2.45) is 23.2 Å². The quantitative estimate of drug-likeness (QED) is 0.368. The summed E-state index contributed by atoms with van der Waals surface area (Å²) in [6.45, 7) is 4.64. The molecule has 0 radical (unpaired) electrons. The number of carbonyl (C=O) groups excluding carboxylic acids is 1. The van der Waals surface area contributed by atoms with Gasteiger partial charge in [0.1, 0.15) is 5.75 Å². The van der Waals surface area contributed by atoms with Crippen LogP contribution in [0.3, 0.4) is 0 Å². The van der Waals surface area contributed by atoms with Gasteiger partial charge in [-0.15, -0.1) is 11.3 Å². The third kappa shape index (κ3) is 4.36. The molecule has 166 valence electrons. The van der Waals surface area contributed by atoms with Gasteiger partial charge < -0.3 is 15.5 Å². The standard InChI is InChI=1S/C25H31NO4S/c1-25(2)16-11-15(7-5-3-4-6-8-22(28)29)23(20(25)12-16)26-24(30)19-14-31-21-10-9-17(27)13-18(19)21/h3,5,9-10,13-16,20,23,27H,4,6-8,11-12H2,1-2H3,(H,26,30)(H,28,29)/b5-3+/t15-,16-,20-,23-/m1/s1. The highest BCUT2D eigenvalue weighted by Gasteiger charge is 2.57. The summed E-state index contributed by atoms with van der Waals surface area (Å²) in [5.41, 5.74) is 0.882. The number of aliphatic carboxylic acids is 1. The lowest BCUT2D eigenvalue weighted by Gasteiger charge is -2.62. The van der Waals surface area contributed by atoms with Crippen LogP contribution in [0.4, 0.5) is 0 Å². The average molecular weight is 442 g/mol. The molecule has 4 atom stereocenters. The molecule has 3 aliphatic rings. The maximum Gasteiger partial charge on any atom is 0.303 e. The van der Waals surface area contributed by atoms with Crippen LogP contribution >= 0.6 is 11.3 Å². The number of carboxylic acid groups (broad SMARTS) is 1. The maximum absolute atomic E-state index is 13.2. The average Bonchev–Trinajstić information content (AvgIpc) is 3.13. The first-order valence-electron chi connectivity index (χ1n) is 11.1. The van der Waals surface area contributed by atoms with Gasteiger partial charge in [0, 0.05) is 27.9 Å². The Morgan fingerprint density at radius 3 is 2.81 bits per heavy atom. The Hall–Kier alpha value is -2.34. The van der Waals surface area contributed by atoms with Gasteiger partial charge in [0.25, 0.3) is 5.91 Å². The highest BCUT2D eigenvalue weighted by Crippen LogP contribution is 2.61. The van der Waals surface area contributed by atoms with Crippen LogP contribution in [0.15, 0.2) is 35.7 Å². The van der Waals surface area contributed by atoms with E-state index in [4.69, 9.17) is 5.11 Å². The summed E-state index contributed by atoms with van der Waals surface area (Å²) < 4.78 is 0.997. The molecule has 3 saturated carbocycles. The van der Waals surface area contributed by atoms with E-state index in [9.17, 15) is 14.7 Å². The minimum Gasteiger partial charge on any atom is -0.508 e. The van der Waals surface area contributed by atoms with Crippen LogP contribution in [0, 0.1) is 23.2 Å². The summed E-state index contributed by atoms with van der Waals surface area (Å²) in [4.78, 5) is 23.9. The van der Waals surface area contributed by atoms with Crippen molar-refractivity contribution in [2.75, 3.05) is 0 Å². The molecule has 2 aromatic rings. The molecule has 2 bridgehead atoms. The van der Waals surface area contributed by atoms with Gasteiger partial charge in [-0.1, -0.05) is 26.0 Å². The van der Waals surface area contributed by atoms with Crippen LogP contribution in [-0.4, -0.2) is 28.1 Å². The zero-order valence-corrected chi connectivity index (χ0v) is 19.0. The Morgan fingerprint density at radius 1 is 1.26 bits per heavy atom. The number of hydrogen-bond acceptors (Lipinski definition) is 4. The molecule has 0 unspecified atom stereocenters. The number of aromatic hydroxyl groups is 1. The van der Waals surface area contributed by atoms with Gasteiger partial charge in [0.2, 0.25) is 0 Å². The highest BCUT2D eigenvalue weighted by molar-refractivity contribution is 7.17. The third-order valence-corrected chi connectivity index (χ3v) is 8.50. The van der Waals surface area contributed by atoms with Crippen molar-refractivity contribution >= 4 is 33.3 Å². The minimum atomic E-state index is -0.750. The van der Waals surface area contributed by atoms with Crippen molar-refractivity contribution < 1.29 is 19.8 Å². The first kappa shape index (κ1) is 21.9. The Labute approximate surface area is 187 Å². The van der Waals surface area contributed by atoms with Gasteiger partial charge in [-0.3, -0.25) is 9.59 Å². The second-order valence-electron chi connectivity index (χ2n) is 9.68. The van der Waals surface area contributed by atoms with E-state index in [2.05, 4.69) is 31.3 Å². The fourth-order valence-corrected chi connectivity index (χ4v) is 6.47. The number of amides is 1. The van der Waals surface area contributed by atoms with E-state index in [0.29, 0.717) is 29.7 Å². The number of phenolic OH excluding ortho intramolecular Hbond substituents is 1. The van der Waals surface area contributed by atoms with E-state index in [1.54, 1.807) is 12.1 Å². The first-order valence-corrected chi connectivity index (χ1v) is 12.0. The molecular weight excluding hydrogens is 410 g/mol. The number of nitrogens with one attached hydrogen (secondary N) is 1. The SMILES string of the molecule is CC1(C)[C@@H]2C[C@@H](C/C=C/CCCC(=O)O)[C@@H](NC(=O)c3csc4ccc(O)cc34)[C@H]1C2. The fourth-order valence-electron chi connectivity index (χ4n) is 5.55. The Bertz CT molecular complexity index is 1010. The molecule has 6 heteroatoms. The van der Waals surface area contributed by atoms with Crippen LogP contribution in [-0.2, 0) is 4.79 Å². The molecule has 31 heavy (non-hydrogen) atoms. The Kier molecular flexibility index (Phi) is 6.11. The van der Waals surface area contributed by atoms with Crippen LogP contribution in [0.25, 0.3) is 10.1 Å². The molecule has 1 heterocycles. The minimum absolute atomic E-state index is 0.0570. The molecule has 3 fully saturated rings. The summed E-state index contributed by atoms with van der Waals surface area (Å²) in [5, 5.41) is 24.7. The van der Waals surface area contributed by atoms with Gasteiger partial charge in [-0.2, -0.15) is 0 Å².